The molecule has 92 valence electrons. The van der Waals surface area contributed by atoms with Crippen LogP contribution in [0.5, 0.6) is 0 Å². The topological polar surface area (TPSA) is 40.5 Å². The third kappa shape index (κ3) is 3.07. The molecular formula is C14H19NO2. The highest BCUT2D eigenvalue weighted by Crippen LogP contribution is 2.20. The maximum Gasteiger partial charge on any atom is 0.325 e. The molecule has 1 aliphatic carbocycles. The van der Waals surface area contributed by atoms with Gasteiger partial charge in [0.15, 0.2) is 0 Å². The van der Waals surface area contributed by atoms with E-state index in [1.807, 2.05) is 30.4 Å². The van der Waals surface area contributed by atoms with Gasteiger partial charge in [0.25, 0.3) is 0 Å². The van der Waals surface area contributed by atoms with E-state index >= 15 is 0 Å². The van der Waals surface area contributed by atoms with Crippen LogP contribution >= 0.6 is 0 Å². The van der Waals surface area contributed by atoms with Crippen LogP contribution in [-0.4, -0.2) is 35.1 Å². The van der Waals surface area contributed by atoms with Crippen molar-refractivity contribution in [3.05, 3.63) is 36.0 Å². The van der Waals surface area contributed by atoms with Gasteiger partial charge in [0.2, 0.25) is 0 Å². The van der Waals surface area contributed by atoms with Gasteiger partial charge in [-0.1, -0.05) is 36.8 Å². The van der Waals surface area contributed by atoms with Gasteiger partial charge >= 0.3 is 5.97 Å². The summed E-state index contributed by atoms with van der Waals surface area (Å²) in [6, 6.07) is -0.478. The van der Waals surface area contributed by atoms with Crippen molar-refractivity contribution in [3.8, 4) is 0 Å². The maximum atomic E-state index is 11.5. The first-order valence-corrected chi connectivity index (χ1v) is 6.29. The molecule has 0 aromatic rings. The normalized spacial score (nSPS) is 22.9. The molecule has 1 atom stereocenters. The van der Waals surface area contributed by atoms with E-state index in [1.165, 1.54) is 6.42 Å². The lowest BCUT2D eigenvalue weighted by molar-refractivity contribution is -0.142. The fourth-order valence-corrected chi connectivity index (χ4v) is 2.46. The van der Waals surface area contributed by atoms with Gasteiger partial charge in [-0.05, 0) is 37.9 Å². The average Bonchev–Trinajstić information content (AvgIpc) is 2.59. The summed E-state index contributed by atoms with van der Waals surface area (Å²) in [7, 11) is 0. The predicted molar refractivity (Wildman–Crippen MR) is 67.8 cm³/mol. The van der Waals surface area contributed by atoms with E-state index in [-0.39, 0.29) is 0 Å². The van der Waals surface area contributed by atoms with Gasteiger partial charge < -0.3 is 5.11 Å². The molecule has 1 N–H and O–H groups in total. The van der Waals surface area contributed by atoms with Crippen molar-refractivity contribution in [1.82, 2.24) is 4.90 Å². The SMILES string of the molecule is O=C(O)[C@@H](C1=CC=CCC=C1)N1CCCCC1. The van der Waals surface area contributed by atoms with Crippen molar-refractivity contribution in [3.63, 3.8) is 0 Å². The van der Waals surface area contributed by atoms with Gasteiger partial charge in [0.05, 0.1) is 0 Å². The number of piperidine rings is 1. The molecule has 0 saturated carbocycles. The third-order valence-electron chi connectivity index (χ3n) is 3.31. The van der Waals surface area contributed by atoms with Gasteiger partial charge in [0, 0.05) is 0 Å². The zero-order chi connectivity index (χ0) is 12.1. The molecule has 2 aliphatic rings. The Bertz CT molecular complexity index is 362. The van der Waals surface area contributed by atoms with E-state index < -0.39 is 12.0 Å². The number of allylic oxidation sites excluding steroid dienone is 4. The van der Waals surface area contributed by atoms with Crippen LogP contribution in [0.2, 0.25) is 0 Å². The minimum atomic E-state index is -0.738. The minimum Gasteiger partial charge on any atom is -0.480 e. The number of nitrogens with zero attached hydrogens (tertiary/aromatic N) is 1. The van der Waals surface area contributed by atoms with Crippen LogP contribution in [0.1, 0.15) is 25.7 Å². The Morgan fingerprint density at radius 2 is 2.00 bits per heavy atom. The lowest BCUT2D eigenvalue weighted by atomic mass is 10.0. The summed E-state index contributed by atoms with van der Waals surface area (Å²) >= 11 is 0. The Balaban J connectivity index is 2.18. The highest BCUT2D eigenvalue weighted by molar-refractivity contribution is 5.78. The van der Waals surface area contributed by atoms with Crippen molar-refractivity contribution in [2.75, 3.05) is 13.1 Å². The van der Waals surface area contributed by atoms with Crippen LogP contribution in [-0.2, 0) is 4.79 Å². The first-order chi connectivity index (χ1) is 8.29. The van der Waals surface area contributed by atoms with Crippen LogP contribution in [0.4, 0.5) is 0 Å². The largest absolute Gasteiger partial charge is 0.480 e. The molecule has 2 rings (SSSR count). The molecule has 0 aromatic carbocycles. The number of carboxylic acid groups (broad SMARTS) is 1. The molecule has 0 amide bonds. The quantitative estimate of drug-likeness (QED) is 0.813. The summed E-state index contributed by atoms with van der Waals surface area (Å²) in [4.78, 5) is 13.6. The first kappa shape index (κ1) is 12.1. The summed E-state index contributed by atoms with van der Waals surface area (Å²) < 4.78 is 0. The monoisotopic (exact) mass is 233 g/mol. The number of carboxylic acids is 1. The Morgan fingerprint density at radius 3 is 2.71 bits per heavy atom. The van der Waals surface area contributed by atoms with Gasteiger partial charge in [-0.3, -0.25) is 9.69 Å². The maximum absolute atomic E-state index is 11.5. The molecule has 0 spiro atoms. The van der Waals surface area contributed by atoms with Crippen LogP contribution in [0.15, 0.2) is 36.0 Å². The van der Waals surface area contributed by atoms with Gasteiger partial charge in [-0.15, -0.1) is 0 Å². The van der Waals surface area contributed by atoms with Crippen LogP contribution in [0, 0.1) is 0 Å². The lowest BCUT2D eigenvalue weighted by Gasteiger charge is -2.32. The Morgan fingerprint density at radius 1 is 1.24 bits per heavy atom. The second-order valence-corrected chi connectivity index (χ2v) is 4.57. The third-order valence-corrected chi connectivity index (χ3v) is 3.31. The highest BCUT2D eigenvalue weighted by Gasteiger charge is 2.28. The molecule has 1 saturated heterocycles. The summed E-state index contributed by atoms with van der Waals surface area (Å²) in [5.41, 5.74) is 0.896. The lowest BCUT2D eigenvalue weighted by Crippen LogP contribution is -2.45. The molecule has 17 heavy (non-hydrogen) atoms. The Labute approximate surface area is 102 Å². The second kappa shape index (κ2) is 5.82. The summed E-state index contributed by atoms with van der Waals surface area (Å²) in [5.74, 6) is -0.738. The smallest absolute Gasteiger partial charge is 0.325 e. The molecular weight excluding hydrogens is 214 g/mol. The van der Waals surface area contributed by atoms with E-state index in [9.17, 15) is 9.90 Å². The van der Waals surface area contributed by atoms with E-state index in [0.29, 0.717) is 0 Å². The molecule has 0 unspecified atom stereocenters. The molecule has 0 radical (unpaired) electrons. The van der Waals surface area contributed by atoms with Crippen LogP contribution in [0.3, 0.4) is 0 Å². The summed E-state index contributed by atoms with van der Waals surface area (Å²) in [5, 5.41) is 9.43. The first-order valence-electron chi connectivity index (χ1n) is 6.29. The molecule has 1 aliphatic heterocycles. The van der Waals surface area contributed by atoms with Gasteiger partial charge in [-0.2, -0.15) is 0 Å². The van der Waals surface area contributed by atoms with Crippen LogP contribution in [0.25, 0.3) is 0 Å². The standard InChI is InChI=1S/C14H19NO2/c16-14(17)13(15-10-6-3-7-11-15)12-8-4-1-2-5-9-12/h1,4-5,8-9,13H,2-3,6-7,10-11H2,(H,16,17)/t13-/m1/s1. The van der Waals surface area contributed by atoms with Crippen molar-refractivity contribution in [2.45, 2.75) is 31.7 Å². The van der Waals surface area contributed by atoms with Crippen molar-refractivity contribution < 1.29 is 9.90 Å². The number of carbonyl (C=O) groups is 1. The molecule has 1 heterocycles. The zero-order valence-corrected chi connectivity index (χ0v) is 10.0. The van der Waals surface area contributed by atoms with Crippen molar-refractivity contribution >= 4 is 5.97 Å². The van der Waals surface area contributed by atoms with E-state index in [1.54, 1.807) is 0 Å². The van der Waals surface area contributed by atoms with E-state index in [4.69, 9.17) is 0 Å². The Kier molecular flexibility index (Phi) is 4.15. The molecule has 0 bridgehead atoms. The highest BCUT2D eigenvalue weighted by atomic mass is 16.4. The van der Waals surface area contributed by atoms with Crippen molar-refractivity contribution in [2.24, 2.45) is 0 Å². The van der Waals surface area contributed by atoms with Crippen molar-refractivity contribution in [1.29, 1.82) is 0 Å². The number of hydrogen-bond acceptors (Lipinski definition) is 2. The van der Waals surface area contributed by atoms with Gasteiger partial charge in [-0.25, -0.2) is 0 Å². The minimum absolute atomic E-state index is 0.478. The average molecular weight is 233 g/mol. The molecule has 3 heteroatoms. The number of likely N-dealkylation sites (tertiary alicyclic amines) is 1. The summed E-state index contributed by atoms with van der Waals surface area (Å²) in [6.45, 7) is 1.79. The van der Waals surface area contributed by atoms with Crippen LogP contribution < -0.4 is 0 Å². The molecule has 3 nitrogen and oxygen atoms in total. The zero-order valence-electron chi connectivity index (χ0n) is 10.0. The molecule has 1 fully saturated rings. The van der Waals surface area contributed by atoms with E-state index in [0.717, 1.165) is 37.9 Å². The number of aliphatic carboxylic acids is 1. The molecule has 0 aromatic heterocycles. The predicted octanol–water partition coefficient (Wildman–Crippen LogP) is 2.37. The number of rotatable bonds is 3. The fourth-order valence-electron chi connectivity index (χ4n) is 2.46. The Hall–Kier alpha value is -1.35. The van der Waals surface area contributed by atoms with Gasteiger partial charge in [0.1, 0.15) is 6.04 Å². The van der Waals surface area contributed by atoms with E-state index in [2.05, 4.69) is 4.90 Å². The fraction of sp³-hybridized carbons (Fsp3) is 0.500. The summed E-state index contributed by atoms with van der Waals surface area (Å²) in [6.07, 6.45) is 14.2. The number of hydrogen-bond donors (Lipinski definition) is 1. The second-order valence-electron chi connectivity index (χ2n) is 4.57.